The Morgan fingerprint density at radius 1 is 1.38 bits per heavy atom. The fourth-order valence-corrected chi connectivity index (χ4v) is 1.21. The first-order chi connectivity index (χ1) is 7.65. The van der Waals surface area contributed by atoms with Crippen molar-refractivity contribution in [3.05, 3.63) is 41.8 Å². The summed E-state index contributed by atoms with van der Waals surface area (Å²) in [6, 6.07) is 7.73. The molecule has 0 aliphatic rings. The highest BCUT2D eigenvalue weighted by atomic mass is 16.5. The summed E-state index contributed by atoms with van der Waals surface area (Å²) >= 11 is 0. The second-order valence-electron chi connectivity index (χ2n) is 3.32. The number of rotatable bonds is 2. The minimum absolute atomic E-state index is 0.148. The molecular weight excluding hydrogens is 208 g/mol. The quantitative estimate of drug-likeness (QED) is 0.755. The van der Waals surface area contributed by atoms with Crippen LogP contribution in [0.4, 0.5) is 5.69 Å². The number of anilines is 1. The van der Waals surface area contributed by atoms with Gasteiger partial charge < -0.3 is 14.9 Å². The fourth-order valence-electron chi connectivity index (χ4n) is 1.21. The van der Waals surface area contributed by atoms with Crippen molar-refractivity contribution < 1.29 is 14.4 Å². The van der Waals surface area contributed by atoms with Crippen LogP contribution >= 0.6 is 0 Å². The lowest BCUT2D eigenvalue weighted by Gasteiger charge is -2.01. The van der Waals surface area contributed by atoms with Crippen molar-refractivity contribution in [2.24, 2.45) is 0 Å². The number of carbonyl (C=O) groups is 1. The molecule has 1 amide bonds. The zero-order chi connectivity index (χ0) is 11.5. The number of phenols is 1. The fraction of sp³-hybridized carbons (Fsp3) is 0.0909. The summed E-state index contributed by atoms with van der Waals surface area (Å²) in [6.07, 6.45) is 0. The maximum atomic E-state index is 11.6. The number of benzene rings is 1. The molecule has 0 saturated carbocycles. The molecule has 1 aromatic heterocycles. The van der Waals surface area contributed by atoms with Gasteiger partial charge in [-0.2, -0.15) is 0 Å². The zero-order valence-electron chi connectivity index (χ0n) is 8.60. The van der Waals surface area contributed by atoms with Crippen molar-refractivity contribution in [3.63, 3.8) is 0 Å². The van der Waals surface area contributed by atoms with Crippen LogP contribution in [0.5, 0.6) is 5.75 Å². The van der Waals surface area contributed by atoms with E-state index < -0.39 is 0 Å². The number of aryl methyl sites for hydroxylation is 1. The summed E-state index contributed by atoms with van der Waals surface area (Å²) in [6.45, 7) is 1.71. The van der Waals surface area contributed by atoms with E-state index >= 15 is 0 Å². The number of hydrogen-bond acceptors (Lipinski definition) is 4. The summed E-state index contributed by atoms with van der Waals surface area (Å²) in [5.41, 5.74) is 0.814. The SMILES string of the molecule is Cc1cc(C(=O)Nc2ccc(O)cc2)no1. The van der Waals surface area contributed by atoms with Crippen molar-refractivity contribution in [1.29, 1.82) is 0 Å². The largest absolute Gasteiger partial charge is 0.508 e. The van der Waals surface area contributed by atoms with Crippen LogP contribution in [0.2, 0.25) is 0 Å². The average Bonchev–Trinajstić information content (AvgIpc) is 2.68. The van der Waals surface area contributed by atoms with E-state index in [9.17, 15) is 4.79 Å². The Balaban J connectivity index is 2.10. The molecule has 0 atom stereocenters. The standard InChI is InChI=1S/C11H10N2O3/c1-7-6-10(13-16-7)11(15)12-8-2-4-9(14)5-3-8/h2-6,14H,1H3,(H,12,15). The van der Waals surface area contributed by atoms with Crippen LogP contribution in [0.3, 0.4) is 0 Å². The Kier molecular flexibility index (Phi) is 2.59. The first-order valence-corrected chi connectivity index (χ1v) is 4.69. The van der Waals surface area contributed by atoms with Gasteiger partial charge in [0.25, 0.3) is 5.91 Å². The number of aromatic nitrogens is 1. The van der Waals surface area contributed by atoms with Crippen molar-refractivity contribution in [1.82, 2.24) is 5.16 Å². The zero-order valence-corrected chi connectivity index (χ0v) is 8.60. The average molecular weight is 218 g/mol. The summed E-state index contributed by atoms with van der Waals surface area (Å²) < 4.78 is 4.79. The number of hydrogen-bond donors (Lipinski definition) is 2. The highest BCUT2D eigenvalue weighted by molar-refractivity contribution is 6.02. The topological polar surface area (TPSA) is 75.4 Å². The minimum Gasteiger partial charge on any atom is -0.508 e. The Labute approximate surface area is 91.7 Å². The Morgan fingerprint density at radius 2 is 2.06 bits per heavy atom. The molecule has 16 heavy (non-hydrogen) atoms. The lowest BCUT2D eigenvalue weighted by molar-refractivity contribution is 0.101. The second-order valence-corrected chi connectivity index (χ2v) is 3.32. The molecular formula is C11H10N2O3. The molecule has 2 rings (SSSR count). The summed E-state index contributed by atoms with van der Waals surface area (Å²) in [5, 5.41) is 15.3. The van der Waals surface area contributed by atoms with Crippen molar-refractivity contribution in [2.45, 2.75) is 6.92 Å². The van der Waals surface area contributed by atoms with Crippen molar-refractivity contribution in [2.75, 3.05) is 5.32 Å². The van der Waals surface area contributed by atoms with E-state index in [2.05, 4.69) is 10.5 Å². The van der Waals surface area contributed by atoms with Crippen LogP contribution in [0.1, 0.15) is 16.2 Å². The number of carbonyl (C=O) groups excluding carboxylic acids is 1. The first kappa shape index (κ1) is 10.2. The molecule has 2 aromatic rings. The van der Waals surface area contributed by atoms with Gasteiger partial charge in [-0.25, -0.2) is 0 Å². The number of nitrogens with one attached hydrogen (secondary N) is 1. The Hall–Kier alpha value is -2.30. The van der Waals surface area contributed by atoms with E-state index in [1.165, 1.54) is 12.1 Å². The van der Waals surface area contributed by atoms with E-state index in [1.54, 1.807) is 25.1 Å². The van der Waals surface area contributed by atoms with E-state index in [0.29, 0.717) is 11.4 Å². The lowest BCUT2D eigenvalue weighted by atomic mass is 10.3. The summed E-state index contributed by atoms with van der Waals surface area (Å²) in [4.78, 5) is 11.6. The molecule has 0 radical (unpaired) electrons. The number of nitrogens with zero attached hydrogens (tertiary/aromatic N) is 1. The van der Waals surface area contributed by atoms with Gasteiger partial charge in [0, 0.05) is 11.8 Å². The Bertz CT molecular complexity index is 502. The predicted molar refractivity (Wildman–Crippen MR) is 57.3 cm³/mol. The van der Waals surface area contributed by atoms with Gasteiger partial charge >= 0.3 is 0 Å². The molecule has 82 valence electrons. The Morgan fingerprint density at radius 3 is 2.62 bits per heavy atom. The van der Waals surface area contributed by atoms with Crippen molar-refractivity contribution in [3.8, 4) is 5.75 Å². The highest BCUT2D eigenvalue weighted by Gasteiger charge is 2.10. The van der Waals surface area contributed by atoms with Gasteiger partial charge in [0.2, 0.25) is 0 Å². The first-order valence-electron chi connectivity index (χ1n) is 4.69. The van der Waals surface area contributed by atoms with E-state index in [4.69, 9.17) is 9.63 Å². The number of phenolic OH excluding ortho intramolecular Hbond substituents is 1. The monoisotopic (exact) mass is 218 g/mol. The van der Waals surface area contributed by atoms with E-state index in [0.717, 1.165) is 0 Å². The van der Waals surface area contributed by atoms with Crippen LogP contribution in [0.25, 0.3) is 0 Å². The molecule has 0 unspecified atom stereocenters. The van der Waals surface area contributed by atoms with Crippen LogP contribution in [-0.2, 0) is 0 Å². The third-order valence-electron chi connectivity index (χ3n) is 1.99. The molecule has 1 heterocycles. The maximum Gasteiger partial charge on any atom is 0.277 e. The number of amides is 1. The molecule has 0 aliphatic carbocycles. The third-order valence-corrected chi connectivity index (χ3v) is 1.99. The maximum absolute atomic E-state index is 11.6. The summed E-state index contributed by atoms with van der Waals surface area (Å²) in [5.74, 6) is 0.383. The van der Waals surface area contributed by atoms with Gasteiger partial charge in [-0.15, -0.1) is 0 Å². The molecule has 2 N–H and O–H groups in total. The van der Waals surface area contributed by atoms with E-state index in [1.807, 2.05) is 0 Å². The molecule has 0 spiro atoms. The molecule has 5 heteroatoms. The van der Waals surface area contributed by atoms with Gasteiger partial charge in [0.05, 0.1) is 0 Å². The minimum atomic E-state index is -0.345. The van der Waals surface area contributed by atoms with Crippen LogP contribution in [0, 0.1) is 6.92 Å². The van der Waals surface area contributed by atoms with Gasteiger partial charge in [0.1, 0.15) is 11.5 Å². The molecule has 0 aliphatic heterocycles. The van der Waals surface area contributed by atoms with Crippen LogP contribution in [0.15, 0.2) is 34.9 Å². The molecule has 1 aromatic carbocycles. The van der Waals surface area contributed by atoms with Crippen molar-refractivity contribution >= 4 is 11.6 Å². The molecule has 0 fully saturated rings. The summed E-state index contributed by atoms with van der Waals surface area (Å²) in [7, 11) is 0. The molecule has 5 nitrogen and oxygen atoms in total. The number of aromatic hydroxyl groups is 1. The van der Waals surface area contributed by atoms with Crippen LogP contribution < -0.4 is 5.32 Å². The third kappa shape index (κ3) is 2.20. The lowest BCUT2D eigenvalue weighted by Crippen LogP contribution is -2.11. The molecule has 0 saturated heterocycles. The van der Waals surface area contributed by atoms with E-state index in [-0.39, 0.29) is 17.4 Å². The smallest absolute Gasteiger partial charge is 0.277 e. The normalized spacial score (nSPS) is 10.1. The van der Waals surface area contributed by atoms with Gasteiger partial charge in [0.15, 0.2) is 5.69 Å². The second kappa shape index (κ2) is 4.06. The highest BCUT2D eigenvalue weighted by Crippen LogP contribution is 2.14. The van der Waals surface area contributed by atoms with Gasteiger partial charge in [-0.05, 0) is 31.2 Å². The van der Waals surface area contributed by atoms with Gasteiger partial charge in [-0.3, -0.25) is 4.79 Å². The predicted octanol–water partition coefficient (Wildman–Crippen LogP) is 1.94. The van der Waals surface area contributed by atoms with Gasteiger partial charge in [-0.1, -0.05) is 5.16 Å². The molecule has 0 bridgehead atoms. The van der Waals surface area contributed by atoms with Crippen LogP contribution in [-0.4, -0.2) is 16.2 Å².